The molecule has 0 atom stereocenters. The number of hydrogen-bond acceptors (Lipinski definition) is 4. The fraction of sp³-hybridized carbons (Fsp3) is 0.167. The van der Waals surface area contributed by atoms with Crippen LogP contribution in [0.15, 0.2) is 77.7 Å². The van der Waals surface area contributed by atoms with Gasteiger partial charge in [-0.2, -0.15) is 9.57 Å². The van der Waals surface area contributed by atoms with Crippen molar-refractivity contribution in [3.05, 3.63) is 94.5 Å². The van der Waals surface area contributed by atoms with Gasteiger partial charge in [0, 0.05) is 17.3 Å². The topological polar surface area (TPSA) is 90.3 Å². The summed E-state index contributed by atoms with van der Waals surface area (Å²) in [5.41, 5.74) is 3.09. The number of nitrogens with zero attached hydrogens (tertiary/aromatic N) is 2. The van der Waals surface area contributed by atoms with Crippen molar-refractivity contribution < 1.29 is 13.2 Å². The van der Waals surface area contributed by atoms with E-state index in [4.69, 9.17) is 16.9 Å². The SMILES string of the molecule is Cc1ccccc1CN(CC(=O)Nc1ccc(CC#N)cc1)S(=O)(=O)c1ccc(Cl)cc1. The van der Waals surface area contributed by atoms with E-state index < -0.39 is 15.9 Å². The molecule has 0 unspecified atom stereocenters. The predicted octanol–water partition coefficient (Wildman–Crippen LogP) is 4.54. The van der Waals surface area contributed by atoms with Gasteiger partial charge in [-0.15, -0.1) is 0 Å². The Kier molecular flexibility index (Phi) is 7.65. The maximum Gasteiger partial charge on any atom is 0.243 e. The summed E-state index contributed by atoms with van der Waals surface area (Å²) in [4.78, 5) is 12.8. The number of hydrogen-bond donors (Lipinski definition) is 1. The summed E-state index contributed by atoms with van der Waals surface area (Å²) in [5, 5.41) is 11.9. The number of carbonyl (C=O) groups is 1. The lowest BCUT2D eigenvalue weighted by atomic mass is 10.1. The summed E-state index contributed by atoms with van der Waals surface area (Å²) in [6.07, 6.45) is 0.276. The first kappa shape index (κ1) is 23.5. The van der Waals surface area contributed by atoms with Gasteiger partial charge in [0.2, 0.25) is 15.9 Å². The monoisotopic (exact) mass is 467 g/mol. The second-order valence-corrected chi connectivity index (χ2v) is 9.61. The zero-order chi connectivity index (χ0) is 23.1. The minimum absolute atomic E-state index is 0.0478. The molecule has 1 N–H and O–H groups in total. The molecule has 0 aliphatic heterocycles. The van der Waals surface area contributed by atoms with Gasteiger partial charge in [0.05, 0.1) is 23.9 Å². The Balaban J connectivity index is 1.84. The molecule has 0 bridgehead atoms. The van der Waals surface area contributed by atoms with Crippen molar-refractivity contribution in [3.8, 4) is 6.07 Å². The number of halogens is 1. The molecule has 0 aliphatic rings. The van der Waals surface area contributed by atoms with Gasteiger partial charge in [-0.25, -0.2) is 8.42 Å². The first-order valence-electron chi connectivity index (χ1n) is 9.85. The maximum atomic E-state index is 13.3. The number of rotatable bonds is 8. The summed E-state index contributed by atoms with van der Waals surface area (Å²) in [6.45, 7) is 1.58. The number of benzene rings is 3. The Morgan fingerprint density at radius 3 is 2.31 bits per heavy atom. The van der Waals surface area contributed by atoms with Crippen molar-refractivity contribution in [2.75, 3.05) is 11.9 Å². The van der Waals surface area contributed by atoms with E-state index in [2.05, 4.69) is 11.4 Å². The maximum absolute atomic E-state index is 13.3. The molecule has 0 radical (unpaired) electrons. The van der Waals surface area contributed by atoms with E-state index in [0.29, 0.717) is 10.7 Å². The molecular formula is C24H22ClN3O3S. The Morgan fingerprint density at radius 2 is 1.69 bits per heavy atom. The molecule has 0 saturated heterocycles. The van der Waals surface area contributed by atoms with E-state index in [1.165, 1.54) is 24.3 Å². The van der Waals surface area contributed by atoms with E-state index >= 15 is 0 Å². The van der Waals surface area contributed by atoms with Gasteiger partial charge < -0.3 is 5.32 Å². The van der Waals surface area contributed by atoms with E-state index in [1.54, 1.807) is 24.3 Å². The first-order valence-corrected chi connectivity index (χ1v) is 11.7. The molecular weight excluding hydrogens is 446 g/mol. The number of carbonyl (C=O) groups excluding carboxylic acids is 1. The predicted molar refractivity (Wildman–Crippen MR) is 125 cm³/mol. The van der Waals surface area contributed by atoms with Crippen LogP contribution in [-0.4, -0.2) is 25.2 Å². The van der Waals surface area contributed by atoms with Crippen LogP contribution >= 0.6 is 11.6 Å². The Labute approximate surface area is 193 Å². The number of nitrogens with one attached hydrogen (secondary N) is 1. The highest BCUT2D eigenvalue weighted by molar-refractivity contribution is 7.89. The van der Waals surface area contributed by atoms with Crippen LogP contribution in [0, 0.1) is 18.3 Å². The van der Waals surface area contributed by atoms with Crippen molar-refractivity contribution in [1.29, 1.82) is 5.26 Å². The van der Waals surface area contributed by atoms with Gasteiger partial charge in [-0.3, -0.25) is 4.79 Å². The quantitative estimate of drug-likeness (QED) is 0.526. The van der Waals surface area contributed by atoms with Gasteiger partial charge in [0.1, 0.15) is 0 Å². The number of nitriles is 1. The van der Waals surface area contributed by atoms with E-state index in [-0.39, 0.29) is 24.4 Å². The van der Waals surface area contributed by atoms with Gasteiger partial charge in [0.15, 0.2) is 0 Å². The van der Waals surface area contributed by atoms with Crippen LogP contribution in [0.3, 0.4) is 0 Å². The minimum Gasteiger partial charge on any atom is -0.325 e. The van der Waals surface area contributed by atoms with Crippen molar-refractivity contribution in [2.45, 2.75) is 24.8 Å². The molecule has 32 heavy (non-hydrogen) atoms. The fourth-order valence-corrected chi connectivity index (χ4v) is 4.62. The third-order valence-electron chi connectivity index (χ3n) is 4.90. The Bertz CT molecular complexity index is 1230. The van der Waals surface area contributed by atoms with Gasteiger partial charge in [0.25, 0.3) is 0 Å². The zero-order valence-corrected chi connectivity index (χ0v) is 19.0. The summed E-state index contributed by atoms with van der Waals surface area (Å²) in [6, 6.07) is 22.2. The summed E-state index contributed by atoms with van der Waals surface area (Å²) in [5.74, 6) is -0.468. The molecule has 3 rings (SSSR count). The van der Waals surface area contributed by atoms with Crippen LogP contribution in [0.2, 0.25) is 5.02 Å². The van der Waals surface area contributed by atoms with E-state index in [0.717, 1.165) is 21.0 Å². The molecule has 3 aromatic rings. The second-order valence-electron chi connectivity index (χ2n) is 7.23. The van der Waals surface area contributed by atoms with Gasteiger partial charge in [-0.05, 0) is 60.0 Å². The Hall–Kier alpha value is -3.18. The fourth-order valence-electron chi connectivity index (χ4n) is 3.12. The molecule has 6 nitrogen and oxygen atoms in total. The highest BCUT2D eigenvalue weighted by Gasteiger charge is 2.27. The van der Waals surface area contributed by atoms with Crippen LogP contribution < -0.4 is 5.32 Å². The molecule has 0 spiro atoms. The lowest BCUT2D eigenvalue weighted by molar-refractivity contribution is -0.116. The lowest BCUT2D eigenvalue weighted by Gasteiger charge is -2.23. The van der Waals surface area contributed by atoms with Crippen LogP contribution in [0.1, 0.15) is 16.7 Å². The number of sulfonamides is 1. The molecule has 8 heteroatoms. The van der Waals surface area contributed by atoms with Crippen LogP contribution in [-0.2, 0) is 27.8 Å². The molecule has 164 valence electrons. The van der Waals surface area contributed by atoms with E-state index in [9.17, 15) is 13.2 Å². The van der Waals surface area contributed by atoms with Crippen molar-refractivity contribution >= 4 is 33.2 Å². The average Bonchev–Trinajstić information content (AvgIpc) is 2.76. The number of aryl methyl sites for hydroxylation is 1. The summed E-state index contributed by atoms with van der Waals surface area (Å²) in [7, 11) is -3.96. The molecule has 1 amide bonds. The minimum atomic E-state index is -3.96. The third-order valence-corrected chi connectivity index (χ3v) is 6.96. The second kappa shape index (κ2) is 10.4. The normalized spacial score (nSPS) is 11.2. The highest BCUT2D eigenvalue weighted by atomic mass is 35.5. The smallest absolute Gasteiger partial charge is 0.243 e. The van der Waals surface area contributed by atoms with Crippen molar-refractivity contribution in [2.24, 2.45) is 0 Å². The number of amides is 1. The standard InChI is InChI=1S/C24H22ClN3O3S/c1-18-4-2-3-5-20(18)16-28(32(30,31)23-12-8-21(25)9-13-23)17-24(29)27-22-10-6-19(7-11-22)14-15-26/h2-13H,14,16-17H2,1H3,(H,27,29). The van der Waals surface area contributed by atoms with E-state index in [1.807, 2.05) is 31.2 Å². The van der Waals surface area contributed by atoms with Crippen molar-refractivity contribution in [1.82, 2.24) is 4.31 Å². The molecule has 0 aromatic heterocycles. The zero-order valence-electron chi connectivity index (χ0n) is 17.5. The van der Waals surface area contributed by atoms with Gasteiger partial charge in [-0.1, -0.05) is 48.0 Å². The van der Waals surface area contributed by atoms with Crippen LogP contribution in [0.5, 0.6) is 0 Å². The molecule has 0 saturated carbocycles. The molecule has 3 aromatic carbocycles. The summed E-state index contributed by atoms with van der Waals surface area (Å²) < 4.78 is 27.8. The Morgan fingerprint density at radius 1 is 1.03 bits per heavy atom. The van der Waals surface area contributed by atoms with Crippen LogP contribution in [0.4, 0.5) is 5.69 Å². The first-order chi connectivity index (χ1) is 15.3. The third kappa shape index (κ3) is 5.95. The molecule has 0 heterocycles. The molecule has 0 aliphatic carbocycles. The average molecular weight is 468 g/mol. The highest BCUT2D eigenvalue weighted by Crippen LogP contribution is 2.22. The largest absolute Gasteiger partial charge is 0.325 e. The van der Waals surface area contributed by atoms with Gasteiger partial charge >= 0.3 is 0 Å². The lowest BCUT2D eigenvalue weighted by Crippen LogP contribution is -2.37. The molecule has 0 fully saturated rings. The number of anilines is 1. The van der Waals surface area contributed by atoms with Crippen molar-refractivity contribution in [3.63, 3.8) is 0 Å². The van der Waals surface area contributed by atoms with Crippen LogP contribution in [0.25, 0.3) is 0 Å². The summed E-state index contributed by atoms with van der Waals surface area (Å²) >= 11 is 5.91.